The van der Waals surface area contributed by atoms with Crippen molar-refractivity contribution in [2.75, 3.05) is 49.6 Å². The second-order valence-corrected chi connectivity index (χ2v) is 9.08. The van der Waals surface area contributed by atoms with Gasteiger partial charge in [-0.1, -0.05) is 40.9 Å². The summed E-state index contributed by atoms with van der Waals surface area (Å²) in [6.07, 6.45) is 1.57. The molecular weight excluding hydrogens is 463 g/mol. The van der Waals surface area contributed by atoms with Gasteiger partial charge >= 0.3 is 0 Å². The second kappa shape index (κ2) is 8.96. The van der Waals surface area contributed by atoms with Gasteiger partial charge in [0.1, 0.15) is 10.6 Å². The molecule has 1 aromatic carbocycles. The van der Waals surface area contributed by atoms with E-state index in [4.69, 9.17) is 45.3 Å². The Kier molecular flexibility index (Phi) is 6.46. The van der Waals surface area contributed by atoms with Crippen LogP contribution in [0.2, 0.25) is 15.1 Å². The number of aromatic nitrogens is 2. The number of carbonyl (C=O) groups excluding carboxylic acids is 1. The fourth-order valence-corrected chi connectivity index (χ4v) is 4.33. The van der Waals surface area contributed by atoms with Gasteiger partial charge in [-0.3, -0.25) is 4.79 Å². The molecule has 3 heterocycles. The highest BCUT2D eigenvalue weighted by Gasteiger charge is 2.45. The molecule has 0 saturated carbocycles. The van der Waals surface area contributed by atoms with E-state index >= 15 is 0 Å². The van der Waals surface area contributed by atoms with Crippen LogP contribution in [-0.2, 0) is 9.53 Å². The van der Waals surface area contributed by atoms with Crippen LogP contribution in [0.25, 0.3) is 0 Å². The maximum Gasteiger partial charge on any atom is 0.247 e. The van der Waals surface area contributed by atoms with Crippen molar-refractivity contribution in [3.63, 3.8) is 0 Å². The van der Waals surface area contributed by atoms with Gasteiger partial charge in [0, 0.05) is 36.2 Å². The molecule has 2 saturated heterocycles. The molecule has 4 rings (SSSR count). The Morgan fingerprint density at radius 3 is 2.52 bits per heavy atom. The first-order valence-electron chi connectivity index (χ1n) is 9.92. The summed E-state index contributed by atoms with van der Waals surface area (Å²) in [6, 6.07) is 5.21. The van der Waals surface area contributed by atoms with Crippen molar-refractivity contribution >= 4 is 52.5 Å². The molecule has 1 aromatic heterocycles. The van der Waals surface area contributed by atoms with Crippen LogP contribution in [-0.4, -0.2) is 65.7 Å². The lowest BCUT2D eigenvalue weighted by Gasteiger charge is -2.43. The number of amides is 1. The molecule has 0 aliphatic carbocycles. The number of nitrogens with zero attached hydrogens (tertiary/aromatic N) is 4. The lowest BCUT2D eigenvalue weighted by atomic mass is 9.97. The molecular formula is C20H23Cl3N6O2. The molecule has 0 bridgehead atoms. The Morgan fingerprint density at radius 1 is 1.19 bits per heavy atom. The number of ether oxygens (including phenoxy) is 1. The Morgan fingerprint density at radius 2 is 1.90 bits per heavy atom. The van der Waals surface area contributed by atoms with E-state index in [0.29, 0.717) is 53.0 Å². The number of anilines is 2. The summed E-state index contributed by atoms with van der Waals surface area (Å²) in [5, 5.41) is 4.84. The molecule has 2 fully saturated rings. The zero-order valence-electron chi connectivity index (χ0n) is 16.9. The van der Waals surface area contributed by atoms with Gasteiger partial charge in [0.05, 0.1) is 25.5 Å². The first-order valence-corrected chi connectivity index (χ1v) is 11.1. The molecule has 11 heteroatoms. The molecule has 166 valence electrons. The van der Waals surface area contributed by atoms with Crippen LogP contribution in [0.4, 0.5) is 11.8 Å². The number of carbonyl (C=O) groups is 1. The fourth-order valence-electron chi connectivity index (χ4n) is 3.62. The van der Waals surface area contributed by atoms with Crippen molar-refractivity contribution in [2.45, 2.75) is 18.5 Å². The van der Waals surface area contributed by atoms with Gasteiger partial charge in [0.2, 0.25) is 11.9 Å². The highest BCUT2D eigenvalue weighted by atomic mass is 35.5. The average molecular weight is 486 g/mol. The summed E-state index contributed by atoms with van der Waals surface area (Å²) in [5.41, 5.74) is 6.08. The third-order valence-corrected chi connectivity index (χ3v) is 6.35. The molecule has 0 radical (unpaired) electrons. The molecule has 1 amide bonds. The number of nitrogens with two attached hydrogens (primary N) is 1. The van der Waals surface area contributed by atoms with Gasteiger partial charge in [-0.2, -0.15) is 4.98 Å². The molecule has 1 atom stereocenters. The predicted molar refractivity (Wildman–Crippen MR) is 122 cm³/mol. The standard InChI is InChI=1S/C20H23Cl3N6O2/c1-12(14-3-2-13(21)8-15(14)22)26-17-16(23)9-25-19(27-17)29-6-4-28(5-7-29)18(30)20(24)10-31-11-20/h2-3,8-9,12H,4-7,10-11,24H2,1H3,(H,25,26,27)/t12-/m1/s1. The minimum atomic E-state index is -0.880. The number of halogens is 3. The molecule has 2 aliphatic rings. The first-order chi connectivity index (χ1) is 14.8. The summed E-state index contributed by atoms with van der Waals surface area (Å²) < 4.78 is 5.10. The minimum Gasteiger partial charge on any atom is -0.376 e. The number of benzene rings is 1. The molecule has 0 spiro atoms. The highest BCUT2D eigenvalue weighted by molar-refractivity contribution is 6.35. The fraction of sp³-hybridized carbons (Fsp3) is 0.450. The summed E-state index contributed by atoms with van der Waals surface area (Å²) in [6.45, 7) is 4.80. The number of hydrogen-bond donors (Lipinski definition) is 2. The summed E-state index contributed by atoms with van der Waals surface area (Å²) in [7, 11) is 0. The minimum absolute atomic E-state index is 0.0635. The van der Waals surface area contributed by atoms with Gasteiger partial charge in [-0.15, -0.1) is 0 Å². The van der Waals surface area contributed by atoms with E-state index in [1.807, 2.05) is 17.9 Å². The zero-order chi connectivity index (χ0) is 22.2. The van der Waals surface area contributed by atoms with Crippen molar-refractivity contribution < 1.29 is 9.53 Å². The van der Waals surface area contributed by atoms with Crippen LogP contribution in [0.3, 0.4) is 0 Å². The van der Waals surface area contributed by atoms with E-state index in [1.165, 1.54) is 0 Å². The van der Waals surface area contributed by atoms with Crippen molar-refractivity contribution in [3.05, 3.63) is 45.0 Å². The van der Waals surface area contributed by atoms with Crippen LogP contribution in [0, 0.1) is 0 Å². The summed E-state index contributed by atoms with van der Waals surface area (Å²) in [4.78, 5) is 25.3. The molecule has 8 nitrogen and oxygen atoms in total. The van der Waals surface area contributed by atoms with Crippen LogP contribution in [0.5, 0.6) is 0 Å². The normalized spacial score (nSPS) is 19.0. The maximum atomic E-state index is 12.6. The Bertz CT molecular complexity index is 979. The van der Waals surface area contributed by atoms with Crippen LogP contribution >= 0.6 is 34.8 Å². The Hall–Kier alpha value is -1.84. The van der Waals surface area contributed by atoms with E-state index in [9.17, 15) is 4.79 Å². The first kappa shape index (κ1) is 22.4. The number of rotatable bonds is 5. The van der Waals surface area contributed by atoms with Gasteiger partial charge in [-0.25, -0.2) is 4.98 Å². The van der Waals surface area contributed by atoms with Crippen LogP contribution in [0.1, 0.15) is 18.5 Å². The monoisotopic (exact) mass is 484 g/mol. The van der Waals surface area contributed by atoms with E-state index in [0.717, 1.165) is 5.56 Å². The molecule has 2 aromatic rings. The van der Waals surface area contributed by atoms with E-state index in [2.05, 4.69) is 15.3 Å². The smallest absolute Gasteiger partial charge is 0.247 e. The quantitative estimate of drug-likeness (QED) is 0.672. The predicted octanol–water partition coefficient (Wildman–Crippen LogP) is 2.99. The number of piperazine rings is 1. The summed E-state index contributed by atoms with van der Waals surface area (Å²) in [5.74, 6) is 0.991. The number of hydrogen-bond acceptors (Lipinski definition) is 7. The maximum absolute atomic E-state index is 12.6. The van der Waals surface area contributed by atoms with Crippen LogP contribution in [0.15, 0.2) is 24.4 Å². The topological polar surface area (TPSA) is 96.6 Å². The lowest BCUT2D eigenvalue weighted by molar-refractivity contribution is -0.154. The van der Waals surface area contributed by atoms with E-state index in [-0.39, 0.29) is 25.2 Å². The van der Waals surface area contributed by atoms with E-state index < -0.39 is 5.54 Å². The van der Waals surface area contributed by atoms with E-state index in [1.54, 1.807) is 23.2 Å². The average Bonchev–Trinajstić information content (AvgIpc) is 2.73. The van der Waals surface area contributed by atoms with Crippen molar-refractivity contribution in [3.8, 4) is 0 Å². The van der Waals surface area contributed by atoms with Crippen molar-refractivity contribution in [1.82, 2.24) is 14.9 Å². The third kappa shape index (κ3) is 4.68. The Labute approximate surface area is 195 Å². The zero-order valence-corrected chi connectivity index (χ0v) is 19.2. The number of nitrogens with one attached hydrogen (secondary N) is 1. The second-order valence-electron chi connectivity index (χ2n) is 7.83. The molecule has 31 heavy (non-hydrogen) atoms. The molecule has 3 N–H and O–H groups in total. The van der Waals surface area contributed by atoms with Gasteiger partial charge < -0.3 is 25.6 Å². The molecule has 2 aliphatic heterocycles. The van der Waals surface area contributed by atoms with Gasteiger partial charge in [-0.05, 0) is 24.6 Å². The summed E-state index contributed by atoms with van der Waals surface area (Å²) >= 11 is 18.6. The Balaban J connectivity index is 1.43. The van der Waals surface area contributed by atoms with Gasteiger partial charge in [0.25, 0.3) is 0 Å². The lowest BCUT2D eigenvalue weighted by Crippen LogP contribution is -2.68. The largest absolute Gasteiger partial charge is 0.376 e. The highest BCUT2D eigenvalue weighted by Crippen LogP contribution is 2.31. The molecule has 0 unspecified atom stereocenters. The SMILES string of the molecule is C[C@@H](Nc1nc(N2CCN(C(=O)C3(N)COC3)CC2)ncc1Cl)c1ccc(Cl)cc1Cl. The third-order valence-electron chi connectivity index (χ3n) is 5.51. The van der Waals surface area contributed by atoms with Gasteiger partial charge in [0.15, 0.2) is 5.82 Å². The van der Waals surface area contributed by atoms with Crippen molar-refractivity contribution in [1.29, 1.82) is 0 Å². The van der Waals surface area contributed by atoms with Crippen LogP contribution < -0.4 is 16.0 Å². The van der Waals surface area contributed by atoms with Crippen molar-refractivity contribution in [2.24, 2.45) is 5.73 Å².